The molecule has 0 aliphatic carbocycles. The molecule has 1 aromatic carbocycles. The van der Waals surface area contributed by atoms with Gasteiger partial charge in [0.05, 0.1) is 6.61 Å². The number of ether oxygens (including phenoxy) is 1. The maximum Gasteiger partial charge on any atom is 0.0667 e. The average Bonchev–Trinajstić information content (AvgIpc) is 2.21. The summed E-state index contributed by atoms with van der Waals surface area (Å²) in [5.74, 6) is 0. The molecule has 1 aliphatic rings. The molecule has 1 fully saturated rings. The van der Waals surface area contributed by atoms with Crippen LogP contribution in [-0.4, -0.2) is 19.3 Å². The van der Waals surface area contributed by atoms with Gasteiger partial charge < -0.3 is 10.1 Å². The maximum atomic E-state index is 5.39. The zero-order valence-corrected chi connectivity index (χ0v) is 7.70. The van der Waals surface area contributed by atoms with Gasteiger partial charge in [0.2, 0.25) is 0 Å². The Bertz CT molecular complexity index is 242. The highest BCUT2D eigenvalue weighted by atomic mass is 16.5. The van der Waals surface area contributed by atoms with Crippen molar-refractivity contribution in [3.63, 3.8) is 0 Å². The number of hydrogen-bond acceptors (Lipinski definition) is 2. The molecule has 0 spiro atoms. The van der Waals surface area contributed by atoms with Gasteiger partial charge in [-0.1, -0.05) is 18.2 Å². The lowest BCUT2D eigenvalue weighted by molar-refractivity contribution is 0.0876. The normalized spacial score (nSPS) is 22.6. The van der Waals surface area contributed by atoms with Crippen LogP contribution in [0.2, 0.25) is 0 Å². The fraction of sp³-hybridized carbons (Fsp3) is 0.455. The molecule has 1 unspecified atom stereocenters. The number of benzene rings is 1. The molecule has 1 aliphatic heterocycles. The third-order valence-electron chi connectivity index (χ3n) is 2.30. The van der Waals surface area contributed by atoms with Gasteiger partial charge in [-0.05, 0) is 25.0 Å². The zero-order chi connectivity index (χ0) is 8.93. The zero-order valence-electron chi connectivity index (χ0n) is 7.70. The van der Waals surface area contributed by atoms with E-state index in [1.165, 1.54) is 18.5 Å². The molecule has 0 bridgehead atoms. The summed E-state index contributed by atoms with van der Waals surface area (Å²) in [5, 5.41) is 3.46. The lowest BCUT2D eigenvalue weighted by Gasteiger charge is -2.23. The van der Waals surface area contributed by atoms with Crippen LogP contribution in [0, 0.1) is 0 Å². The van der Waals surface area contributed by atoms with E-state index in [1.807, 2.05) is 18.2 Å². The Morgan fingerprint density at radius 1 is 1.23 bits per heavy atom. The second-order valence-electron chi connectivity index (χ2n) is 3.42. The van der Waals surface area contributed by atoms with Crippen LogP contribution in [0.3, 0.4) is 0 Å². The van der Waals surface area contributed by atoms with Gasteiger partial charge in [-0.25, -0.2) is 0 Å². The highest BCUT2D eigenvalue weighted by Crippen LogP contribution is 2.13. The van der Waals surface area contributed by atoms with E-state index >= 15 is 0 Å². The van der Waals surface area contributed by atoms with Crippen molar-refractivity contribution >= 4 is 5.69 Å². The van der Waals surface area contributed by atoms with E-state index in [2.05, 4.69) is 17.4 Å². The van der Waals surface area contributed by atoms with E-state index in [1.54, 1.807) is 0 Å². The third-order valence-corrected chi connectivity index (χ3v) is 2.30. The molecule has 0 radical (unpaired) electrons. The van der Waals surface area contributed by atoms with E-state index in [-0.39, 0.29) is 0 Å². The van der Waals surface area contributed by atoms with Crippen molar-refractivity contribution in [3.05, 3.63) is 30.3 Å². The SMILES string of the molecule is c1ccc(NC2CCCOC2)cc1. The lowest BCUT2D eigenvalue weighted by Crippen LogP contribution is -2.29. The topological polar surface area (TPSA) is 21.3 Å². The summed E-state index contributed by atoms with van der Waals surface area (Å²) in [4.78, 5) is 0. The van der Waals surface area contributed by atoms with Gasteiger partial charge in [0.1, 0.15) is 0 Å². The lowest BCUT2D eigenvalue weighted by atomic mass is 10.1. The van der Waals surface area contributed by atoms with E-state index in [0.717, 1.165) is 13.2 Å². The predicted molar refractivity (Wildman–Crippen MR) is 53.9 cm³/mol. The number of hydrogen-bond donors (Lipinski definition) is 1. The summed E-state index contributed by atoms with van der Waals surface area (Å²) >= 11 is 0. The van der Waals surface area contributed by atoms with Gasteiger partial charge in [0, 0.05) is 18.3 Å². The summed E-state index contributed by atoms with van der Waals surface area (Å²) < 4.78 is 5.39. The molecule has 1 heterocycles. The van der Waals surface area contributed by atoms with E-state index in [0.29, 0.717) is 6.04 Å². The van der Waals surface area contributed by atoms with Crippen molar-refractivity contribution in [2.24, 2.45) is 0 Å². The molecular weight excluding hydrogens is 162 g/mol. The highest BCUT2D eigenvalue weighted by Gasteiger charge is 2.12. The first-order chi connectivity index (χ1) is 6.45. The molecule has 1 N–H and O–H groups in total. The smallest absolute Gasteiger partial charge is 0.0667 e. The molecule has 1 atom stereocenters. The van der Waals surface area contributed by atoms with Crippen molar-refractivity contribution in [2.45, 2.75) is 18.9 Å². The highest BCUT2D eigenvalue weighted by molar-refractivity contribution is 5.43. The van der Waals surface area contributed by atoms with Crippen molar-refractivity contribution in [3.8, 4) is 0 Å². The standard InChI is InChI=1S/C11H15NO/c1-2-5-10(6-3-1)12-11-7-4-8-13-9-11/h1-3,5-6,11-12H,4,7-9H2. The van der Waals surface area contributed by atoms with E-state index in [4.69, 9.17) is 4.74 Å². The van der Waals surface area contributed by atoms with E-state index in [9.17, 15) is 0 Å². The quantitative estimate of drug-likeness (QED) is 0.748. The van der Waals surface area contributed by atoms with Crippen LogP contribution in [0.5, 0.6) is 0 Å². The molecular formula is C11H15NO. The summed E-state index contributed by atoms with van der Waals surface area (Å²) in [6.45, 7) is 1.77. The van der Waals surface area contributed by atoms with Crippen LogP contribution >= 0.6 is 0 Å². The molecule has 13 heavy (non-hydrogen) atoms. The van der Waals surface area contributed by atoms with Gasteiger partial charge in [-0.15, -0.1) is 0 Å². The van der Waals surface area contributed by atoms with Gasteiger partial charge in [0.25, 0.3) is 0 Å². The molecule has 0 saturated carbocycles. The Balaban J connectivity index is 1.90. The molecule has 0 aromatic heterocycles. The number of nitrogens with one attached hydrogen (secondary N) is 1. The first-order valence-electron chi connectivity index (χ1n) is 4.84. The largest absolute Gasteiger partial charge is 0.380 e. The molecule has 2 rings (SSSR count). The second-order valence-corrected chi connectivity index (χ2v) is 3.42. The Labute approximate surface area is 78.9 Å². The summed E-state index contributed by atoms with van der Waals surface area (Å²) in [6.07, 6.45) is 2.39. The fourth-order valence-electron chi connectivity index (χ4n) is 1.62. The molecule has 1 saturated heterocycles. The molecule has 2 heteroatoms. The van der Waals surface area contributed by atoms with Crippen molar-refractivity contribution in [2.75, 3.05) is 18.5 Å². The van der Waals surface area contributed by atoms with Crippen LogP contribution in [0.1, 0.15) is 12.8 Å². The van der Waals surface area contributed by atoms with Crippen LogP contribution in [0.25, 0.3) is 0 Å². The van der Waals surface area contributed by atoms with Crippen molar-refractivity contribution < 1.29 is 4.74 Å². The Morgan fingerprint density at radius 2 is 2.08 bits per heavy atom. The van der Waals surface area contributed by atoms with Crippen LogP contribution in [0.4, 0.5) is 5.69 Å². The van der Waals surface area contributed by atoms with Crippen molar-refractivity contribution in [1.29, 1.82) is 0 Å². The molecule has 1 aromatic rings. The van der Waals surface area contributed by atoms with Gasteiger partial charge >= 0.3 is 0 Å². The van der Waals surface area contributed by atoms with Crippen molar-refractivity contribution in [1.82, 2.24) is 0 Å². The van der Waals surface area contributed by atoms with Gasteiger partial charge in [-0.2, -0.15) is 0 Å². The molecule has 70 valence electrons. The van der Waals surface area contributed by atoms with Gasteiger partial charge in [-0.3, -0.25) is 0 Å². The minimum atomic E-state index is 0.496. The Morgan fingerprint density at radius 3 is 2.77 bits per heavy atom. The molecule has 0 amide bonds. The number of anilines is 1. The summed E-state index contributed by atoms with van der Waals surface area (Å²) in [6, 6.07) is 10.8. The van der Waals surface area contributed by atoms with Crippen LogP contribution in [-0.2, 0) is 4.74 Å². The van der Waals surface area contributed by atoms with Crippen LogP contribution < -0.4 is 5.32 Å². The fourth-order valence-corrected chi connectivity index (χ4v) is 1.62. The molecule has 2 nitrogen and oxygen atoms in total. The Hall–Kier alpha value is -1.02. The van der Waals surface area contributed by atoms with Gasteiger partial charge in [0.15, 0.2) is 0 Å². The number of rotatable bonds is 2. The first-order valence-corrected chi connectivity index (χ1v) is 4.84. The monoisotopic (exact) mass is 177 g/mol. The minimum absolute atomic E-state index is 0.496. The maximum absolute atomic E-state index is 5.39. The van der Waals surface area contributed by atoms with E-state index < -0.39 is 0 Å². The predicted octanol–water partition coefficient (Wildman–Crippen LogP) is 2.28. The number of para-hydroxylation sites is 1. The van der Waals surface area contributed by atoms with Crippen LogP contribution in [0.15, 0.2) is 30.3 Å². The minimum Gasteiger partial charge on any atom is -0.380 e. The third kappa shape index (κ3) is 2.46. The summed E-state index contributed by atoms with van der Waals surface area (Å²) in [7, 11) is 0. The first kappa shape index (κ1) is 8.57. The Kier molecular flexibility index (Phi) is 2.82. The summed E-state index contributed by atoms with van der Waals surface area (Å²) in [5.41, 5.74) is 1.19. The average molecular weight is 177 g/mol. The second kappa shape index (κ2) is 4.28.